The van der Waals surface area contributed by atoms with E-state index in [9.17, 15) is 9.59 Å². The minimum Gasteiger partial charge on any atom is -0.467 e. The van der Waals surface area contributed by atoms with E-state index in [1.165, 1.54) is 27.2 Å². The molecule has 1 aliphatic heterocycles. The van der Waals surface area contributed by atoms with E-state index in [4.69, 9.17) is 8.83 Å². The lowest BCUT2D eigenvalue weighted by Gasteiger charge is -2.20. The highest BCUT2D eigenvalue weighted by Gasteiger charge is 2.36. The first kappa shape index (κ1) is 21.3. The lowest BCUT2D eigenvalue weighted by molar-refractivity contribution is -0.134. The molecule has 0 radical (unpaired) electrons. The zero-order chi connectivity index (χ0) is 23.9. The number of carbonyl (C=O) groups is 1. The summed E-state index contributed by atoms with van der Waals surface area (Å²) < 4.78 is 12.4. The Kier molecular flexibility index (Phi) is 5.18. The molecule has 1 aromatic carbocycles. The third-order valence-electron chi connectivity index (χ3n) is 6.07. The maximum absolute atomic E-state index is 13.5. The molecule has 0 aliphatic carbocycles. The van der Waals surface area contributed by atoms with Crippen molar-refractivity contribution in [2.75, 3.05) is 0 Å². The van der Waals surface area contributed by atoms with Crippen LogP contribution in [-0.2, 0) is 11.3 Å². The molecule has 35 heavy (non-hydrogen) atoms. The molecule has 1 amide bonds. The Morgan fingerprint density at radius 3 is 2.66 bits per heavy atom. The fourth-order valence-electron chi connectivity index (χ4n) is 4.28. The van der Waals surface area contributed by atoms with Crippen LogP contribution in [0.2, 0.25) is 0 Å². The van der Waals surface area contributed by atoms with E-state index in [-0.39, 0.29) is 18.0 Å². The second kappa shape index (κ2) is 8.52. The van der Waals surface area contributed by atoms with Crippen LogP contribution in [0.3, 0.4) is 0 Å². The molecule has 0 fully saturated rings. The summed E-state index contributed by atoms with van der Waals surface area (Å²) >= 11 is 1.41. The van der Waals surface area contributed by atoms with E-state index in [1.807, 2.05) is 42.6 Å². The van der Waals surface area contributed by atoms with E-state index in [2.05, 4.69) is 10.1 Å². The maximum Gasteiger partial charge on any atom is 0.263 e. The number of hydrazone groups is 1. The first-order chi connectivity index (χ1) is 17.1. The monoisotopic (exact) mass is 484 g/mol. The van der Waals surface area contributed by atoms with Crippen molar-refractivity contribution < 1.29 is 13.6 Å². The molecular weight excluding hydrogens is 464 g/mol. The number of aromatic nitrogens is 2. The number of fused-ring (bicyclic) bond motifs is 1. The van der Waals surface area contributed by atoms with Gasteiger partial charge in [0, 0.05) is 17.4 Å². The van der Waals surface area contributed by atoms with Crippen molar-refractivity contribution in [1.82, 2.24) is 14.6 Å². The van der Waals surface area contributed by atoms with Crippen LogP contribution in [0.15, 0.2) is 91.5 Å². The van der Waals surface area contributed by atoms with Gasteiger partial charge in [0.25, 0.3) is 11.5 Å². The van der Waals surface area contributed by atoms with Crippen LogP contribution in [0.1, 0.15) is 29.5 Å². The zero-order valence-corrected chi connectivity index (χ0v) is 19.6. The van der Waals surface area contributed by atoms with Gasteiger partial charge in [0.05, 0.1) is 24.2 Å². The van der Waals surface area contributed by atoms with Gasteiger partial charge >= 0.3 is 0 Å². The average Bonchev–Trinajstić information content (AvgIpc) is 3.67. The van der Waals surface area contributed by atoms with E-state index >= 15 is 0 Å². The Labute approximate surface area is 203 Å². The number of rotatable bonds is 5. The number of benzene rings is 1. The quantitative estimate of drug-likeness (QED) is 0.350. The highest BCUT2D eigenvalue weighted by molar-refractivity contribution is 7.17. The van der Waals surface area contributed by atoms with E-state index in [0.29, 0.717) is 33.9 Å². The number of furan rings is 2. The van der Waals surface area contributed by atoms with E-state index in [1.54, 1.807) is 30.7 Å². The van der Waals surface area contributed by atoms with Crippen LogP contribution in [0, 0.1) is 6.92 Å². The standard InChI is InChI=1S/C26H20N4O4S/c1-16-6-8-17(9-7-16)18-14-35-25-24(18)26(32)29(15-27-25)13-23(31)30-20(22-5-3-11-34-22)12-19(28-30)21-4-2-10-33-21/h2-11,14-15,20H,12-13H2,1H3. The fraction of sp³-hybridized carbons (Fsp3) is 0.154. The summed E-state index contributed by atoms with van der Waals surface area (Å²) in [6, 6.07) is 14.7. The number of thiophene rings is 1. The minimum atomic E-state index is -0.422. The number of nitrogens with zero attached hydrogens (tertiary/aromatic N) is 4. The number of hydrogen-bond donors (Lipinski definition) is 0. The van der Waals surface area contributed by atoms with Gasteiger partial charge in [-0.1, -0.05) is 29.8 Å². The summed E-state index contributed by atoms with van der Waals surface area (Å²) in [6.07, 6.45) is 5.00. The normalized spacial score (nSPS) is 15.6. The van der Waals surface area contributed by atoms with Gasteiger partial charge in [-0.15, -0.1) is 11.3 Å². The summed E-state index contributed by atoms with van der Waals surface area (Å²) in [4.78, 5) is 32.0. The molecule has 0 spiro atoms. The van der Waals surface area contributed by atoms with Gasteiger partial charge in [0.1, 0.15) is 34.6 Å². The summed E-state index contributed by atoms with van der Waals surface area (Å²) in [5.74, 6) is 0.866. The Morgan fingerprint density at radius 2 is 1.91 bits per heavy atom. The first-order valence-corrected chi connectivity index (χ1v) is 12.0. The number of aryl methyl sites for hydroxylation is 1. The van der Waals surface area contributed by atoms with E-state index < -0.39 is 6.04 Å². The molecule has 8 nitrogen and oxygen atoms in total. The third-order valence-corrected chi connectivity index (χ3v) is 6.96. The van der Waals surface area contributed by atoms with Crippen molar-refractivity contribution in [2.45, 2.75) is 25.9 Å². The average molecular weight is 485 g/mol. The van der Waals surface area contributed by atoms with Gasteiger partial charge < -0.3 is 8.83 Å². The maximum atomic E-state index is 13.5. The smallest absolute Gasteiger partial charge is 0.263 e. The Hall–Kier alpha value is -4.24. The minimum absolute atomic E-state index is 0.197. The highest BCUT2D eigenvalue weighted by atomic mass is 32.1. The Balaban J connectivity index is 1.35. The van der Waals surface area contributed by atoms with Crippen molar-refractivity contribution in [3.05, 3.63) is 100 Å². The molecule has 9 heteroatoms. The molecule has 0 saturated heterocycles. The van der Waals surface area contributed by atoms with Crippen LogP contribution in [-0.4, -0.2) is 26.2 Å². The van der Waals surface area contributed by atoms with Gasteiger partial charge in [-0.2, -0.15) is 5.10 Å². The molecule has 5 heterocycles. The van der Waals surface area contributed by atoms with Crippen molar-refractivity contribution >= 4 is 33.2 Å². The van der Waals surface area contributed by atoms with Gasteiger partial charge in [0.2, 0.25) is 0 Å². The zero-order valence-electron chi connectivity index (χ0n) is 18.7. The van der Waals surface area contributed by atoms with Gasteiger partial charge in [-0.25, -0.2) is 9.99 Å². The molecule has 1 atom stereocenters. The number of amides is 1. The van der Waals surface area contributed by atoms with E-state index in [0.717, 1.165) is 16.7 Å². The molecule has 6 rings (SSSR count). The summed E-state index contributed by atoms with van der Waals surface area (Å²) in [7, 11) is 0. The third kappa shape index (κ3) is 3.79. The molecule has 1 aliphatic rings. The molecule has 1 unspecified atom stereocenters. The summed E-state index contributed by atoms with van der Waals surface area (Å²) in [6.45, 7) is 1.82. The Morgan fingerprint density at radius 1 is 1.11 bits per heavy atom. The largest absolute Gasteiger partial charge is 0.467 e. The fourth-order valence-corrected chi connectivity index (χ4v) is 5.18. The molecule has 0 saturated carbocycles. The SMILES string of the molecule is Cc1ccc(-c2csc3ncn(CC(=O)N4N=C(c5ccco5)CC4c4ccco4)c(=O)c23)cc1. The van der Waals surface area contributed by atoms with Gasteiger partial charge in [-0.3, -0.25) is 14.2 Å². The first-order valence-electron chi connectivity index (χ1n) is 11.1. The van der Waals surface area contributed by atoms with Crippen molar-refractivity contribution in [1.29, 1.82) is 0 Å². The predicted octanol–water partition coefficient (Wildman–Crippen LogP) is 5.00. The van der Waals surface area contributed by atoms with Crippen LogP contribution in [0.25, 0.3) is 21.3 Å². The van der Waals surface area contributed by atoms with Gasteiger partial charge in [-0.05, 0) is 36.8 Å². The molecule has 4 aromatic heterocycles. The number of hydrogen-bond acceptors (Lipinski definition) is 7. The molecule has 5 aromatic rings. The molecule has 0 N–H and O–H groups in total. The second-order valence-electron chi connectivity index (χ2n) is 8.37. The summed E-state index contributed by atoms with van der Waals surface area (Å²) in [5, 5.41) is 8.35. The predicted molar refractivity (Wildman–Crippen MR) is 132 cm³/mol. The lowest BCUT2D eigenvalue weighted by atomic mass is 10.1. The van der Waals surface area contributed by atoms with Crippen LogP contribution in [0.5, 0.6) is 0 Å². The van der Waals surface area contributed by atoms with Crippen LogP contribution < -0.4 is 5.56 Å². The topological polar surface area (TPSA) is 93.8 Å². The molecule has 0 bridgehead atoms. The highest BCUT2D eigenvalue weighted by Crippen LogP contribution is 2.34. The second-order valence-corrected chi connectivity index (χ2v) is 9.23. The van der Waals surface area contributed by atoms with Crippen molar-refractivity contribution in [2.24, 2.45) is 5.10 Å². The van der Waals surface area contributed by atoms with Crippen molar-refractivity contribution in [3.63, 3.8) is 0 Å². The molecular formula is C26H20N4O4S. The Bertz CT molecular complexity index is 1600. The lowest BCUT2D eigenvalue weighted by Crippen LogP contribution is -2.33. The van der Waals surface area contributed by atoms with Gasteiger partial charge in [0.15, 0.2) is 0 Å². The van der Waals surface area contributed by atoms with Crippen LogP contribution in [0.4, 0.5) is 0 Å². The van der Waals surface area contributed by atoms with Crippen LogP contribution >= 0.6 is 11.3 Å². The summed E-state index contributed by atoms with van der Waals surface area (Å²) in [5.41, 5.74) is 3.28. The number of carbonyl (C=O) groups excluding carboxylic acids is 1. The van der Waals surface area contributed by atoms with Crippen molar-refractivity contribution in [3.8, 4) is 11.1 Å². The molecule has 174 valence electrons.